The number of guanidine groups is 1. The second-order valence-corrected chi connectivity index (χ2v) is 4.13. The minimum absolute atomic E-state index is 0.484. The maximum absolute atomic E-state index is 4.18. The van der Waals surface area contributed by atoms with Gasteiger partial charge in [0.05, 0.1) is 0 Å². The first kappa shape index (κ1) is 12.6. The molecule has 0 radical (unpaired) electrons. The lowest BCUT2D eigenvalue weighted by Gasteiger charge is -2.19. The SMILES string of the molecule is CN=C(NCC(C)c1ccccc1)N(C)C. The molecule has 3 heteroatoms. The van der Waals surface area contributed by atoms with Gasteiger partial charge in [-0.3, -0.25) is 4.99 Å². The third-order valence-electron chi connectivity index (χ3n) is 2.57. The molecule has 0 heterocycles. The molecule has 1 aromatic carbocycles. The Hall–Kier alpha value is -1.51. The van der Waals surface area contributed by atoms with Gasteiger partial charge in [-0.15, -0.1) is 0 Å². The molecule has 0 aliphatic rings. The number of rotatable bonds is 3. The molecule has 1 aromatic rings. The normalized spacial score (nSPS) is 13.4. The van der Waals surface area contributed by atoms with Crippen LogP contribution in [-0.4, -0.2) is 38.5 Å². The predicted molar refractivity (Wildman–Crippen MR) is 69.9 cm³/mol. The standard InChI is InChI=1S/C13H21N3/c1-11(12-8-6-5-7-9-12)10-15-13(14-2)16(3)4/h5-9,11H,10H2,1-4H3,(H,14,15). The lowest BCUT2D eigenvalue weighted by Crippen LogP contribution is -2.38. The van der Waals surface area contributed by atoms with Crippen molar-refractivity contribution in [1.29, 1.82) is 0 Å². The molecule has 0 aliphatic heterocycles. The molecule has 0 amide bonds. The van der Waals surface area contributed by atoms with Crippen molar-refractivity contribution in [3.05, 3.63) is 35.9 Å². The molecule has 0 bridgehead atoms. The summed E-state index contributed by atoms with van der Waals surface area (Å²) in [5, 5.41) is 3.34. The van der Waals surface area contributed by atoms with Crippen molar-refractivity contribution < 1.29 is 0 Å². The molecule has 1 atom stereocenters. The van der Waals surface area contributed by atoms with Crippen LogP contribution < -0.4 is 5.32 Å². The molecule has 1 rings (SSSR count). The van der Waals surface area contributed by atoms with E-state index in [1.54, 1.807) is 7.05 Å². The molecule has 3 nitrogen and oxygen atoms in total. The molecule has 0 saturated heterocycles. The van der Waals surface area contributed by atoms with Crippen molar-refractivity contribution in [3.63, 3.8) is 0 Å². The molecule has 88 valence electrons. The van der Waals surface area contributed by atoms with Crippen LogP contribution in [0.25, 0.3) is 0 Å². The molecule has 0 spiro atoms. The van der Waals surface area contributed by atoms with Gasteiger partial charge < -0.3 is 10.2 Å². The highest BCUT2D eigenvalue weighted by molar-refractivity contribution is 5.79. The van der Waals surface area contributed by atoms with Gasteiger partial charge in [0.25, 0.3) is 0 Å². The first-order valence-corrected chi connectivity index (χ1v) is 5.58. The second kappa shape index (κ2) is 6.16. The van der Waals surface area contributed by atoms with Crippen molar-refractivity contribution >= 4 is 5.96 Å². The largest absolute Gasteiger partial charge is 0.356 e. The first-order chi connectivity index (χ1) is 7.65. The maximum atomic E-state index is 4.18. The van der Waals surface area contributed by atoms with Gasteiger partial charge in [0.15, 0.2) is 5.96 Å². The van der Waals surface area contributed by atoms with E-state index in [0.29, 0.717) is 5.92 Å². The van der Waals surface area contributed by atoms with E-state index < -0.39 is 0 Å². The highest BCUT2D eigenvalue weighted by Crippen LogP contribution is 2.12. The van der Waals surface area contributed by atoms with Crippen LogP contribution in [0.15, 0.2) is 35.3 Å². The summed E-state index contributed by atoms with van der Waals surface area (Å²) >= 11 is 0. The number of nitrogens with zero attached hydrogens (tertiary/aromatic N) is 2. The van der Waals surface area contributed by atoms with Crippen molar-refractivity contribution in [3.8, 4) is 0 Å². The number of hydrogen-bond acceptors (Lipinski definition) is 1. The third-order valence-corrected chi connectivity index (χ3v) is 2.57. The number of aliphatic imine (C=N–C) groups is 1. The monoisotopic (exact) mass is 219 g/mol. The lowest BCUT2D eigenvalue weighted by atomic mass is 10.0. The Kier molecular flexibility index (Phi) is 4.83. The zero-order chi connectivity index (χ0) is 12.0. The fourth-order valence-electron chi connectivity index (χ4n) is 1.58. The van der Waals surface area contributed by atoms with Crippen molar-refractivity contribution in [1.82, 2.24) is 10.2 Å². The Morgan fingerprint density at radius 3 is 2.44 bits per heavy atom. The second-order valence-electron chi connectivity index (χ2n) is 4.13. The summed E-state index contributed by atoms with van der Waals surface area (Å²) in [5.74, 6) is 1.40. The highest BCUT2D eigenvalue weighted by atomic mass is 15.3. The quantitative estimate of drug-likeness (QED) is 0.621. The minimum Gasteiger partial charge on any atom is -0.356 e. The smallest absolute Gasteiger partial charge is 0.193 e. The van der Waals surface area contributed by atoms with Crippen LogP contribution >= 0.6 is 0 Å². The fourth-order valence-corrected chi connectivity index (χ4v) is 1.58. The van der Waals surface area contributed by atoms with Crippen LogP contribution in [0.3, 0.4) is 0 Å². The minimum atomic E-state index is 0.484. The van der Waals surface area contributed by atoms with E-state index in [2.05, 4.69) is 41.5 Å². The Balaban J connectivity index is 2.50. The van der Waals surface area contributed by atoms with E-state index in [9.17, 15) is 0 Å². The van der Waals surface area contributed by atoms with E-state index in [4.69, 9.17) is 0 Å². The summed E-state index contributed by atoms with van der Waals surface area (Å²) in [4.78, 5) is 6.17. The summed E-state index contributed by atoms with van der Waals surface area (Å²) in [5.41, 5.74) is 1.35. The third kappa shape index (κ3) is 3.57. The number of hydrogen-bond donors (Lipinski definition) is 1. The zero-order valence-corrected chi connectivity index (χ0v) is 10.6. The Bertz CT molecular complexity index is 330. The van der Waals surface area contributed by atoms with Gasteiger partial charge in [0.2, 0.25) is 0 Å². The zero-order valence-electron chi connectivity index (χ0n) is 10.6. The molecule has 16 heavy (non-hydrogen) atoms. The van der Waals surface area contributed by atoms with Crippen LogP contribution in [0.2, 0.25) is 0 Å². The summed E-state index contributed by atoms with van der Waals surface area (Å²) in [6.07, 6.45) is 0. The molecule has 0 saturated carbocycles. The Morgan fingerprint density at radius 2 is 1.94 bits per heavy atom. The van der Waals surface area contributed by atoms with Crippen molar-refractivity contribution in [2.45, 2.75) is 12.8 Å². The molecule has 0 aromatic heterocycles. The van der Waals surface area contributed by atoms with Gasteiger partial charge in [-0.25, -0.2) is 0 Å². The van der Waals surface area contributed by atoms with Crippen LogP contribution in [0, 0.1) is 0 Å². The molecule has 0 fully saturated rings. The average Bonchev–Trinajstić information content (AvgIpc) is 2.30. The summed E-state index contributed by atoms with van der Waals surface area (Å²) in [6.45, 7) is 3.11. The lowest BCUT2D eigenvalue weighted by molar-refractivity contribution is 0.571. The Labute approximate surface area is 98.2 Å². The molecule has 1 N–H and O–H groups in total. The van der Waals surface area contributed by atoms with Gasteiger partial charge >= 0.3 is 0 Å². The summed E-state index contributed by atoms with van der Waals surface area (Å²) < 4.78 is 0. The maximum Gasteiger partial charge on any atom is 0.193 e. The molecule has 0 aliphatic carbocycles. The van der Waals surface area contributed by atoms with Gasteiger partial charge in [-0.05, 0) is 11.5 Å². The highest BCUT2D eigenvalue weighted by Gasteiger charge is 2.06. The number of nitrogens with one attached hydrogen (secondary N) is 1. The van der Waals surface area contributed by atoms with Crippen LogP contribution in [-0.2, 0) is 0 Å². The van der Waals surface area contributed by atoms with E-state index in [-0.39, 0.29) is 0 Å². The Morgan fingerprint density at radius 1 is 1.31 bits per heavy atom. The van der Waals surface area contributed by atoms with Gasteiger partial charge in [-0.2, -0.15) is 0 Å². The van der Waals surface area contributed by atoms with Crippen molar-refractivity contribution in [2.24, 2.45) is 4.99 Å². The molecular weight excluding hydrogens is 198 g/mol. The van der Waals surface area contributed by atoms with Crippen molar-refractivity contribution in [2.75, 3.05) is 27.7 Å². The summed E-state index contributed by atoms with van der Waals surface area (Å²) in [6, 6.07) is 10.5. The van der Waals surface area contributed by atoms with Gasteiger partial charge in [0, 0.05) is 27.7 Å². The van der Waals surface area contributed by atoms with E-state index >= 15 is 0 Å². The van der Waals surface area contributed by atoms with Crippen LogP contribution in [0.4, 0.5) is 0 Å². The van der Waals surface area contributed by atoms with E-state index in [1.165, 1.54) is 5.56 Å². The predicted octanol–water partition coefficient (Wildman–Crippen LogP) is 1.93. The van der Waals surface area contributed by atoms with E-state index in [1.807, 2.05) is 25.1 Å². The fraction of sp³-hybridized carbons (Fsp3) is 0.462. The first-order valence-electron chi connectivity index (χ1n) is 5.58. The molecule has 1 unspecified atom stereocenters. The van der Waals surface area contributed by atoms with Gasteiger partial charge in [0.1, 0.15) is 0 Å². The number of benzene rings is 1. The molecular formula is C13H21N3. The van der Waals surface area contributed by atoms with Gasteiger partial charge in [-0.1, -0.05) is 37.3 Å². The average molecular weight is 219 g/mol. The van der Waals surface area contributed by atoms with Crippen LogP contribution in [0.1, 0.15) is 18.4 Å². The summed E-state index contributed by atoms with van der Waals surface area (Å²) in [7, 11) is 5.78. The topological polar surface area (TPSA) is 27.6 Å². The van der Waals surface area contributed by atoms with E-state index in [0.717, 1.165) is 12.5 Å². The van der Waals surface area contributed by atoms with Crippen LogP contribution in [0.5, 0.6) is 0 Å².